The molecule has 2 aromatic heterocycles. The van der Waals surface area contributed by atoms with Crippen molar-refractivity contribution in [2.24, 2.45) is 12.5 Å². The number of rotatable bonds is 4. The molecule has 1 aliphatic carbocycles. The number of nitrogens with one attached hydrogen (secondary N) is 1. The van der Waals surface area contributed by atoms with Gasteiger partial charge in [0.25, 0.3) is 10.0 Å². The molecular weight excluding hydrogens is 374 g/mol. The average Bonchev–Trinajstić information content (AvgIpc) is 3.21. The number of para-hydroxylation sites is 1. The minimum Gasteiger partial charge on any atom is -0.339 e. The van der Waals surface area contributed by atoms with E-state index in [0.717, 1.165) is 28.9 Å². The van der Waals surface area contributed by atoms with E-state index in [0.29, 0.717) is 6.42 Å². The molecule has 28 heavy (non-hydrogen) atoms. The molecule has 7 nitrogen and oxygen atoms in total. The predicted octanol–water partition coefficient (Wildman–Crippen LogP) is 2.91. The molecule has 8 heteroatoms. The monoisotopic (exact) mass is 399 g/mol. The molecule has 0 unspecified atom stereocenters. The van der Waals surface area contributed by atoms with E-state index in [9.17, 15) is 8.42 Å². The summed E-state index contributed by atoms with van der Waals surface area (Å²) in [7, 11) is -1.96. The van der Waals surface area contributed by atoms with Crippen LogP contribution in [-0.2, 0) is 23.5 Å². The molecule has 0 bridgehead atoms. The SMILES string of the molecule is Cc1ccccc1-n1ncc2c1CC(C)(C)C[C@H]2NS(=O)(=O)c1cn(C)cn1. The number of benzene rings is 1. The van der Waals surface area contributed by atoms with Gasteiger partial charge in [-0.05, 0) is 36.8 Å². The molecule has 1 N–H and O–H groups in total. The molecule has 1 aromatic carbocycles. The molecule has 0 amide bonds. The fourth-order valence-electron chi connectivity index (χ4n) is 3.93. The van der Waals surface area contributed by atoms with Gasteiger partial charge in [-0.25, -0.2) is 22.8 Å². The Morgan fingerprint density at radius 1 is 1.25 bits per heavy atom. The summed E-state index contributed by atoms with van der Waals surface area (Å²) in [5.41, 5.74) is 4.07. The lowest BCUT2D eigenvalue weighted by Crippen LogP contribution is -2.37. The zero-order chi connectivity index (χ0) is 20.1. The second-order valence-electron chi connectivity index (χ2n) is 8.34. The fourth-order valence-corrected chi connectivity index (χ4v) is 5.13. The Morgan fingerprint density at radius 3 is 2.68 bits per heavy atom. The largest absolute Gasteiger partial charge is 0.339 e. The van der Waals surface area contributed by atoms with E-state index < -0.39 is 10.0 Å². The van der Waals surface area contributed by atoms with Crippen molar-refractivity contribution in [1.29, 1.82) is 0 Å². The van der Waals surface area contributed by atoms with Gasteiger partial charge in [0.15, 0.2) is 5.03 Å². The molecular formula is C20H25N5O2S. The Hall–Kier alpha value is -2.45. The minimum absolute atomic E-state index is 0.0335. The minimum atomic E-state index is -3.71. The van der Waals surface area contributed by atoms with Crippen molar-refractivity contribution in [2.75, 3.05) is 0 Å². The maximum Gasteiger partial charge on any atom is 0.260 e. The van der Waals surface area contributed by atoms with Crippen LogP contribution in [0.5, 0.6) is 0 Å². The zero-order valence-corrected chi connectivity index (χ0v) is 17.4. The van der Waals surface area contributed by atoms with Crippen LogP contribution in [0.1, 0.15) is 43.1 Å². The Morgan fingerprint density at radius 2 is 2.00 bits per heavy atom. The zero-order valence-electron chi connectivity index (χ0n) is 16.5. The van der Waals surface area contributed by atoms with Crippen LogP contribution in [0.2, 0.25) is 0 Å². The van der Waals surface area contributed by atoms with Gasteiger partial charge >= 0.3 is 0 Å². The van der Waals surface area contributed by atoms with Gasteiger partial charge in [-0.2, -0.15) is 5.10 Å². The van der Waals surface area contributed by atoms with Gasteiger partial charge in [-0.1, -0.05) is 32.0 Å². The van der Waals surface area contributed by atoms with E-state index in [1.807, 2.05) is 22.9 Å². The molecule has 3 aromatic rings. The van der Waals surface area contributed by atoms with Crippen LogP contribution in [0, 0.1) is 12.3 Å². The van der Waals surface area contributed by atoms with Crippen LogP contribution in [0.15, 0.2) is 48.0 Å². The molecule has 0 fully saturated rings. The summed E-state index contributed by atoms with van der Waals surface area (Å²) in [5, 5.41) is 4.65. The van der Waals surface area contributed by atoms with Crippen molar-refractivity contribution < 1.29 is 8.42 Å². The van der Waals surface area contributed by atoms with Gasteiger partial charge in [0.05, 0.1) is 24.3 Å². The number of imidazole rings is 1. The first-order valence-electron chi connectivity index (χ1n) is 9.29. The highest BCUT2D eigenvalue weighted by atomic mass is 32.2. The van der Waals surface area contributed by atoms with Gasteiger partial charge < -0.3 is 4.57 Å². The number of fused-ring (bicyclic) bond motifs is 1. The third kappa shape index (κ3) is 3.38. The highest BCUT2D eigenvalue weighted by Gasteiger charge is 2.37. The quantitative estimate of drug-likeness (QED) is 0.731. The van der Waals surface area contributed by atoms with Crippen molar-refractivity contribution in [1.82, 2.24) is 24.1 Å². The molecule has 0 radical (unpaired) electrons. The van der Waals surface area contributed by atoms with E-state index in [-0.39, 0.29) is 16.5 Å². The molecule has 1 atom stereocenters. The number of hydrogen-bond acceptors (Lipinski definition) is 4. The van der Waals surface area contributed by atoms with Gasteiger partial charge in [-0.15, -0.1) is 0 Å². The molecule has 4 rings (SSSR count). The Balaban J connectivity index is 1.75. The van der Waals surface area contributed by atoms with Crippen molar-refractivity contribution >= 4 is 10.0 Å². The summed E-state index contributed by atoms with van der Waals surface area (Å²) in [5.74, 6) is 0. The first-order chi connectivity index (χ1) is 13.2. The molecule has 1 aliphatic rings. The second kappa shape index (κ2) is 6.56. The highest BCUT2D eigenvalue weighted by Crippen LogP contribution is 2.42. The van der Waals surface area contributed by atoms with Crippen LogP contribution in [0.3, 0.4) is 0 Å². The summed E-state index contributed by atoms with van der Waals surface area (Å²) < 4.78 is 32.1. The lowest BCUT2D eigenvalue weighted by molar-refractivity contribution is 0.268. The maximum absolute atomic E-state index is 12.9. The van der Waals surface area contributed by atoms with Crippen LogP contribution in [0.4, 0.5) is 0 Å². The van der Waals surface area contributed by atoms with Crippen LogP contribution < -0.4 is 4.72 Å². The standard InChI is InChI=1S/C20H25N5O2S/c1-14-7-5-6-8-17(14)25-18-10-20(2,3)9-16(15(18)11-22-25)23-28(26,27)19-12-24(4)13-21-19/h5-8,11-13,16,23H,9-10H2,1-4H3/t16-/m1/s1. The first kappa shape index (κ1) is 18.9. The summed E-state index contributed by atoms with van der Waals surface area (Å²) >= 11 is 0. The molecule has 0 saturated heterocycles. The summed E-state index contributed by atoms with van der Waals surface area (Å²) in [6.07, 6.45) is 6.32. The predicted molar refractivity (Wildman–Crippen MR) is 107 cm³/mol. The van der Waals surface area contributed by atoms with Crippen molar-refractivity contribution in [3.05, 3.63) is 59.8 Å². The smallest absolute Gasteiger partial charge is 0.260 e. The van der Waals surface area contributed by atoms with Gasteiger partial charge in [0.2, 0.25) is 0 Å². The van der Waals surface area contributed by atoms with Gasteiger partial charge in [-0.3, -0.25) is 0 Å². The lowest BCUT2D eigenvalue weighted by atomic mass is 9.74. The highest BCUT2D eigenvalue weighted by molar-refractivity contribution is 7.89. The summed E-state index contributed by atoms with van der Waals surface area (Å²) in [6, 6.07) is 7.74. The van der Waals surface area contributed by atoms with E-state index in [2.05, 4.69) is 41.6 Å². The summed E-state index contributed by atoms with van der Waals surface area (Å²) in [6.45, 7) is 6.37. The van der Waals surface area contributed by atoms with Crippen LogP contribution in [-0.4, -0.2) is 27.7 Å². The van der Waals surface area contributed by atoms with E-state index in [1.54, 1.807) is 17.8 Å². The third-order valence-electron chi connectivity index (χ3n) is 5.28. The van der Waals surface area contributed by atoms with Crippen molar-refractivity contribution in [3.8, 4) is 5.69 Å². The third-order valence-corrected chi connectivity index (χ3v) is 6.63. The van der Waals surface area contributed by atoms with Crippen LogP contribution >= 0.6 is 0 Å². The Kier molecular flexibility index (Phi) is 4.43. The molecule has 148 valence electrons. The van der Waals surface area contributed by atoms with Crippen molar-refractivity contribution in [2.45, 2.75) is 44.7 Å². The number of sulfonamides is 1. The fraction of sp³-hybridized carbons (Fsp3) is 0.400. The second-order valence-corrected chi connectivity index (χ2v) is 10.0. The molecule has 0 aliphatic heterocycles. The first-order valence-corrected chi connectivity index (χ1v) is 10.8. The van der Waals surface area contributed by atoms with Gasteiger partial charge in [0, 0.05) is 24.5 Å². The Labute approximate surface area is 165 Å². The topological polar surface area (TPSA) is 81.8 Å². The number of aryl methyl sites for hydroxylation is 2. The van der Waals surface area contributed by atoms with E-state index >= 15 is 0 Å². The van der Waals surface area contributed by atoms with E-state index in [1.165, 1.54) is 12.5 Å². The number of hydrogen-bond donors (Lipinski definition) is 1. The van der Waals surface area contributed by atoms with E-state index in [4.69, 9.17) is 0 Å². The number of aromatic nitrogens is 4. The normalized spacial score (nSPS) is 18.8. The van der Waals surface area contributed by atoms with Crippen molar-refractivity contribution in [3.63, 3.8) is 0 Å². The van der Waals surface area contributed by atoms with Gasteiger partial charge in [0.1, 0.15) is 0 Å². The average molecular weight is 400 g/mol. The number of nitrogens with zero attached hydrogens (tertiary/aromatic N) is 4. The molecule has 0 spiro atoms. The van der Waals surface area contributed by atoms with Crippen LogP contribution in [0.25, 0.3) is 5.69 Å². The molecule has 0 saturated carbocycles. The summed E-state index contributed by atoms with van der Waals surface area (Å²) in [4.78, 5) is 4.00. The lowest BCUT2D eigenvalue weighted by Gasteiger charge is -2.35. The molecule has 2 heterocycles. The maximum atomic E-state index is 12.9. The Bertz CT molecular complexity index is 1130.